The molecule has 0 aliphatic heterocycles. The largest absolute Gasteiger partial charge is 0.316 e. The van der Waals surface area contributed by atoms with Gasteiger partial charge in [0.25, 0.3) is 0 Å². The van der Waals surface area contributed by atoms with Crippen LogP contribution < -0.4 is 5.32 Å². The lowest BCUT2D eigenvalue weighted by Crippen LogP contribution is -2.44. The highest BCUT2D eigenvalue weighted by atomic mass is 15.2. The van der Waals surface area contributed by atoms with Crippen LogP contribution in [-0.4, -0.2) is 62.7 Å². The molecule has 3 nitrogen and oxygen atoms in total. The molecule has 1 N–H and O–H groups in total. The van der Waals surface area contributed by atoms with Crippen LogP contribution in [0.15, 0.2) is 0 Å². The molecule has 0 saturated carbocycles. The number of nitrogens with one attached hydrogen (secondary N) is 1. The van der Waals surface area contributed by atoms with E-state index in [-0.39, 0.29) is 0 Å². The Balaban J connectivity index is 4.15. The van der Waals surface area contributed by atoms with Crippen LogP contribution in [0.2, 0.25) is 0 Å². The average Bonchev–Trinajstić information content (AvgIpc) is 2.32. The molecule has 3 heteroatoms. The van der Waals surface area contributed by atoms with Crippen molar-refractivity contribution in [1.82, 2.24) is 15.1 Å². The molecule has 0 aromatic rings. The molecule has 0 aromatic carbocycles. The van der Waals surface area contributed by atoms with Crippen molar-refractivity contribution >= 4 is 0 Å². The SMILES string of the molecule is CCCN(CCN(C)C)C(C)C(C)CNCC(C)C. The van der Waals surface area contributed by atoms with Gasteiger partial charge in [-0.2, -0.15) is 0 Å². The number of likely N-dealkylation sites (N-methyl/N-ethyl adjacent to an activating group) is 1. The second kappa shape index (κ2) is 10.6. The summed E-state index contributed by atoms with van der Waals surface area (Å²) in [6.07, 6.45) is 1.24. The van der Waals surface area contributed by atoms with Crippen molar-refractivity contribution in [2.45, 2.75) is 47.1 Å². The normalized spacial score (nSPS) is 15.5. The average molecular weight is 271 g/mol. The third-order valence-electron chi connectivity index (χ3n) is 3.76. The van der Waals surface area contributed by atoms with Crippen LogP contribution in [0.25, 0.3) is 0 Å². The van der Waals surface area contributed by atoms with Gasteiger partial charge < -0.3 is 10.2 Å². The lowest BCUT2D eigenvalue weighted by Gasteiger charge is -2.34. The first-order chi connectivity index (χ1) is 8.88. The molecule has 0 fully saturated rings. The molecular weight excluding hydrogens is 234 g/mol. The molecule has 0 rings (SSSR count). The van der Waals surface area contributed by atoms with E-state index in [1.54, 1.807) is 0 Å². The van der Waals surface area contributed by atoms with E-state index in [2.05, 4.69) is 63.8 Å². The van der Waals surface area contributed by atoms with Gasteiger partial charge in [-0.3, -0.25) is 4.90 Å². The summed E-state index contributed by atoms with van der Waals surface area (Å²) < 4.78 is 0. The molecule has 0 spiro atoms. The van der Waals surface area contributed by atoms with Crippen molar-refractivity contribution in [3.8, 4) is 0 Å². The zero-order valence-corrected chi connectivity index (χ0v) is 14.4. The molecule has 0 radical (unpaired) electrons. The zero-order chi connectivity index (χ0) is 14.8. The van der Waals surface area contributed by atoms with Gasteiger partial charge in [0.05, 0.1) is 0 Å². The van der Waals surface area contributed by atoms with E-state index in [1.165, 1.54) is 19.5 Å². The first-order valence-electron chi connectivity index (χ1n) is 7.97. The fourth-order valence-electron chi connectivity index (χ4n) is 2.26. The Labute approximate surface area is 121 Å². The first-order valence-corrected chi connectivity index (χ1v) is 7.97. The van der Waals surface area contributed by atoms with Crippen molar-refractivity contribution in [3.63, 3.8) is 0 Å². The maximum Gasteiger partial charge on any atom is 0.0112 e. The molecule has 2 atom stereocenters. The van der Waals surface area contributed by atoms with Crippen LogP contribution in [0.4, 0.5) is 0 Å². The van der Waals surface area contributed by atoms with Crippen molar-refractivity contribution in [3.05, 3.63) is 0 Å². The minimum Gasteiger partial charge on any atom is -0.316 e. The van der Waals surface area contributed by atoms with Crippen LogP contribution in [0.3, 0.4) is 0 Å². The van der Waals surface area contributed by atoms with Crippen LogP contribution in [0.1, 0.15) is 41.0 Å². The second-order valence-corrected chi connectivity index (χ2v) is 6.61. The third-order valence-corrected chi connectivity index (χ3v) is 3.76. The Morgan fingerprint density at radius 1 is 0.895 bits per heavy atom. The van der Waals surface area contributed by atoms with Gasteiger partial charge in [-0.15, -0.1) is 0 Å². The molecular formula is C16H37N3. The van der Waals surface area contributed by atoms with Crippen LogP contribution in [-0.2, 0) is 0 Å². The van der Waals surface area contributed by atoms with Gasteiger partial charge >= 0.3 is 0 Å². The Bertz CT molecular complexity index is 204. The summed E-state index contributed by atoms with van der Waals surface area (Å²) in [6.45, 7) is 17.4. The van der Waals surface area contributed by atoms with E-state index in [0.717, 1.165) is 25.6 Å². The minimum atomic E-state index is 0.652. The molecule has 0 amide bonds. The van der Waals surface area contributed by atoms with Crippen LogP contribution >= 0.6 is 0 Å². The van der Waals surface area contributed by atoms with Gasteiger partial charge in [0.15, 0.2) is 0 Å². The maximum absolute atomic E-state index is 3.59. The van der Waals surface area contributed by atoms with Gasteiger partial charge in [0, 0.05) is 19.1 Å². The molecule has 0 aliphatic carbocycles. The summed E-state index contributed by atoms with van der Waals surface area (Å²) in [5, 5.41) is 3.59. The van der Waals surface area contributed by atoms with Gasteiger partial charge in [0.2, 0.25) is 0 Å². The van der Waals surface area contributed by atoms with E-state index >= 15 is 0 Å². The van der Waals surface area contributed by atoms with Crippen LogP contribution in [0.5, 0.6) is 0 Å². The Kier molecular flexibility index (Phi) is 10.6. The van der Waals surface area contributed by atoms with E-state index in [1.807, 2.05) is 0 Å². The summed E-state index contributed by atoms with van der Waals surface area (Å²) in [5.41, 5.74) is 0. The lowest BCUT2D eigenvalue weighted by atomic mass is 10.0. The third kappa shape index (κ3) is 9.42. The Hall–Kier alpha value is -0.120. The highest BCUT2D eigenvalue weighted by Crippen LogP contribution is 2.11. The van der Waals surface area contributed by atoms with E-state index < -0.39 is 0 Å². The lowest BCUT2D eigenvalue weighted by molar-refractivity contribution is 0.146. The summed E-state index contributed by atoms with van der Waals surface area (Å²) in [5.74, 6) is 1.44. The molecule has 0 aromatic heterocycles. The minimum absolute atomic E-state index is 0.652. The van der Waals surface area contributed by atoms with Gasteiger partial charge in [-0.05, 0) is 58.9 Å². The number of hydrogen-bond acceptors (Lipinski definition) is 3. The maximum atomic E-state index is 3.59. The summed E-state index contributed by atoms with van der Waals surface area (Å²) in [6, 6.07) is 0.652. The zero-order valence-electron chi connectivity index (χ0n) is 14.4. The molecule has 19 heavy (non-hydrogen) atoms. The molecule has 2 unspecified atom stereocenters. The van der Waals surface area contributed by atoms with Gasteiger partial charge in [-0.1, -0.05) is 27.7 Å². The predicted molar refractivity (Wildman–Crippen MR) is 86.8 cm³/mol. The fourth-order valence-corrected chi connectivity index (χ4v) is 2.26. The van der Waals surface area contributed by atoms with Crippen molar-refractivity contribution in [2.24, 2.45) is 11.8 Å². The van der Waals surface area contributed by atoms with E-state index in [4.69, 9.17) is 0 Å². The van der Waals surface area contributed by atoms with Gasteiger partial charge in [0.1, 0.15) is 0 Å². The summed E-state index contributed by atoms with van der Waals surface area (Å²) >= 11 is 0. The van der Waals surface area contributed by atoms with Crippen molar-refractivity contribution in [2.75, 3.05) is 46.8 Å². The number of nitrogens with zero attached hydrogens (tertiary/aromatic N) is 2. The number of hydrogen-bond donors (Lipinski definition) is 1. The van der Waals surface area contributed by atoms with Crippen molar-refractivity contribution < 1.29 is 0 Å². The molecule has 0 saturated heterocycles. The van der Waals surface area contributed by atoms with E-state index in [0.29, 0.717) is 12.0 Å². The molecule has 0 aliphatic rings. The highest BCUT2D eigenvalue weighted by Gasteiger charge is 2.19. The monoisotopic (exact) mass is 271 g/mol. The predicted octanol–water partition coefficient (Wildman–Crippen LogP) is 2.53. The van der Waals surface area contributed by atoms with Crippen molar-refractivity contribution in [1.29, 1.82) is 0 Å². The standard InChI is InChI=1S/C16H37N3/c1-8-9-19(11-10-18(6)7)16(5)15(4)13-17-12-14(2)3/h14-17H,8-13H2,1-7H3. The first kappa shape index (κ1) is 18.9. The fraction of sp³-hybridized carbons (Fsp3) is 1.00. The summed E-state index contributed by atoms with van der Waals surface area (Å²) in [7, 11) is 4.31. The Morgan fingerprint density at radius 2 is 1.53 bits per heavy atom. The molecule has 0 heterocycles. The summed E-state index contributed by atoms with van der Waals surface area (Å²) in [4.78, 5) is 4.92. The molecule has 0 bridgehead atoms. The quantitative estimate of drug-likeness (QED) is 0.623. The smallest absolute Gasteiger partial charge is 0.0112 e. The number of rotatable bonds is 11. The topological polar surface area (TPSA) is 18.5 Å². The van der Waals surface area contributed by atoms with Crippen LogP contribution in [0, 0.1) is 11.8 Å². The second-order valence-electron chi connectivity index (χ2n) is 6.61. The van der Waals surface area contributed by atoms with E-state index in [9.17, 15) is 0 Å². The Morgan fingerprint density at radius 3 is 2.00 bits per heavy atom. The molecule has 116 valence electrons. The highest BCUT2D eigenvalue weighted by molar-refractivity contribution is 4.75. The van der Waals surface area contributed by atoms with Gasteiger partial charge in [-0.25, -0.2) is 0 Å².